The molecule has 14 heavy (non-hydrogen) atoms. The molecule has 0 aliphatic rings. The van der Waals surface area contributed by atoms with Crippen LogP contribution in [0.3, 0.4) is 0 Å². The molecule has 0 fully saturated rings. The van der Waals surface area contributed by atoms with Crippen LogP contribution < -0.4 is 0 Å². The molecule has 0 radical (unpaired) electrons. The lowest BCUT2D eigenvalue weighted by molar-refractivity contribution is -0.00754. The number of nitrogens with zero attached hydrogens (tertiary/aromatic N) is 2. The van der Waals surface area contributed by atoms with Gasteiger partial charge in [0.15, 0.2) is 5.82 Å². The fourth-order valence-corrected chi connectivity index (χ4v) is 0.829. The summed E-state index contributed by atoms with van der Waals surface area (Å²) in [4.78, 5) is 3.73. The van der Waals surface area contributed by atoms with Gasteiger partial charge in [-0.15, -0.1) is 0 Å². The maximum Gasteiger partial charge on any atom is 0.264 e. The average Bonchev–Trinajstić information content (AvgIpc) is 2.53. The number of ether oxygens (including phenoxy) is 1. The van der Waals surface area contributed by atoms with Gasteiger partial charge in [0, 0.05) is 7.11 Å². The minimum Gasteiger partial charge on any atom is -0.387 e. The highest BCUT2D eigenvalue weighted by atomic mass is 19.3. The summed E-state index contributed by atoms with van der Waals surface area (Å²) in [5, 5.41) is 12.3. The van der Waals surface area contributed by atoms with Gasteiger partial charge in [0.1, 0.15) is 12.7 Å². The van der Waals surface area contributed by atoms with Gasteiger partial charge in [0.05, 0.1) is 6.42 Å². The summed E-state index contributed by atoms with van der Waals surface area (Å²) in [5.74, 6) is 0.244. The molecule has 1 atom stereocenters. The van der Waals surface area contributed by atoms with Crippen molar-refractivity contribution in [2.24, 2.45) is 0 Å². The number of methoxy groups -OCH3 is 1. The van der Waals surface area contributed by atoms with Crippen molar-refractivity contribution >= 4 is 0 Å². The van der Waals surface area contributed by atoms with Gasteiger partial charge in [-0.05, 0) is 0 Å². The Hall–Kier alpha value is -1.08. The second-order valence-electron chi connectivity index (χ2n) is 2.64. The van der Waals surface area contributed by atoms with Crippen molar-refractivity contribution in [3.05, 3.63) is 11.7 Å². The van der Waals surface area contributed by atoms with E-state index in [0.717, 1.165) is 0 Å². The molecule has 0 bridgehead atoms. The fourth-order valence-electron chi connectivity index (χ4n) is 0.829. The van der Waals surface area contributed by atoms with Crippen LogP contribution in [0.2, 0.25) is 0 Å². The topological polar surface area (TPSA) is 68.4 Å². The van der Waals surface area contributed by atoms with Crippen LogP contribution in [0.5, 0.6) is 0 Å². The largest absolute Gasteiger partial charge is 0.387 e. The molecule has 0 aromatic carbocycles. The van der Waals surface area contributed by atoms with Crippen molar-refractivity contribution in [3.63, 3.8) is 0 Å². The van der Waals surface area contributed by atoms with Crippen LogP contribution in [0.15, 0.2) is 4.52 Å². The molecule has 1 N–H and O–H groups in total. The molecule has 0 amide bonds. The number of aliphatic hydroxyl groups is 1. The van der Waals surface area contributed by atoms with E-state index in [1.807, 2.05) is 0 Å². The molecule has 0 aliphatic heterocycles. The summed E-state index contributed by atoms with van der Waals surface area (Å²) < 4.78 is 33.1. The van der Waals surface area contributed by atoms with Crippen LogP contribution >= 0.6 is 0 Å². The third-order valence-corrected chi connectivity index (χ3v) is 1.46. The van der Waals surface area contributed by atoms with Crippen molar-refractivity contribution in [3.8, 4) is 0 Å². The van der Waals surface area contributed by atoms with E-state index in [1.54, 1.807) is 0 Å². The Balaban J connectivity index is 2.50. The number of hydrogen-bond donors (Lipinski definition) is 1. The van der Waals surface area contributed by atoms with Gasteiger partial charge in [-0.1, -0.05) is 5.16 Å². The lowest BCUT2D eigenvalue weighted by Crippen LogP contribution is -2.20. The van der Waals surface area contributed by atoms with Crippen molar-refractivity contribution < 1.29 is 23.1 Å². The van der Waals surface area contributed by atoms with Crippen molar-refractivity contribution in [1.29, 1.82) is 0 Å². The van der Waals surface area contributed by atoms with Crippen LogP contribution in [0, 0.1) is 0 Å². The summed E-state index contributed by atoms with van der Waals surface area (Å²) in [5.41, 5.74) is 0. The van der Waals surface area contributed by atoms with Crippen LogP contribution in [0.25, 0.3) is 0 Å². The molecule has 5 nitrogen and oxygen atoms in total. The monoisotopic (exact) mass is 208 g/mol. The van der Waals surface area contributed by atoms with E-state index in [2.05, 4.69) is 14.7 Å². The minimum absolute atomic E-state index is 0.0233. The van der Waals surface area contributed by atoms with E-state index in [-0.39, 0.29) is 24.7 Å². The van der Waals surface area contributed by atoms with E-state index in [9.17, 15) is 8.78 Å². The number of aromatic nitrogens is 2. The lowest BCUT2D eigenvalue weighted by atomic mass is 10.2. The molecule has 80 valence electrons. The van der Waals surface area contributed by atoms with Gasteiger partial charge in [-0.2, -0.15) is 4.98 Å². The van der Waals surface area contributed by atoms with E-state index < -0.39 is 12.5 Å². The van der Waals surface area contributed by atoms with Gasteiger partial charge >= 0.3 is 0 Å². The minimum atomic E-state index is -2.81. The van der Waals surface area contributed by atoms with E-state index in [0.29, 0.717) is 0 Å². The number of aliphatic hydroxyl groups excluding tert-OH is 1. The standard InChI is InChI=1S/C7H10F2N2O3/c1-13-3-5-10-6(14-11-5)2-4(12)7(8)9/h4,7,12H,2-3H2,1H3. The highest BCUT2D eigenvalue weighted by molar-refractivity contribution is 4.87. The second-order valence-corrected chi connectivity index (χ2v) is 2.64. The first kappa shape index (κ1) is 11.0. The molecule has 0 spiro atoms. The molecular formula is C7H10F2N2O3. The smallest absolute Gasteiger partial charge is 0.264 e. The third kappa shape index (κ3) is 3.00. The summed E-state index contributed by atoms with van der Waals surface area (Å²) in [6.07, 6.45) is -4.94. The Bertz CT molecular complexity index is 280. The third-order valence-electron chi connectivity index (χ3n) is 1.46. The summed E-state index contributed by atoms with van der Waals surface area (Å²) in [7, 11) is 1.45. The first-order valence-electron chi connectivity index (χ1n) is 3.90. The molecule has 0 saturated carbocycles. The molecule has 1 rings (SSSR count). The quantitative estimate of drug-likeness (QED) is 0.757. The van der Waals surface area contributed by atoms with Crippen molar-refractivity contribution in [1.82, 2.24) is 10.1 Å². The van der Waals surface area contributed by atoms with Crippen molar-refractivity contribution in [2.75, 3.05) is 7.11 Å². The average molecular weight is 208 g/mol. The zero-order valence-corrected chi connectivity index (χ0v) is 7.48. The highest BCUT2D eigenvalue weighted by Crippen LogP contribution is 2.08. The normalized spacial score (nSPS) is 13.5. The maximum atomic E-state index is 11.9. The Morgan fingerprint density at radius 1 is 1.57 bits per heavy atom. The van der Waals surface area contributed by atoms with Crippen LogP contribution in [-0.2, 0) is 17.8 Å². The molecular weight excluding hydrogens is 198 g/mol. The fraction of sp³-hybridized carbons (Fsp3) is 0.714. The molecule has 1 unspecified atom stereocenters. The summed E-state index contributed by atoms with van der Waals surface area (Å²) in [6, 6.07) is 0. The van der Waals surface area contributed by atoms with Gasteiger partial charge in [-0.25, -0.2) is 8.78 Å². The molecule has 0 aliphatic carbocycles. The van der Waals surface area contributed by atoms with Crippen LogP contribution in [0.1, 0.15) is 11.7 Å². The van der Waals surface area contributed by atoms with Gasteiger partial charge in [0.2, 0.25) is 5.89 Å². The molecule has 7 heteroatoms. The zero-order valence-electron chi connectivity index (χ0n) is 7.48. The summed E-state index contributed by atoms with van der Waals surface area (Å²) in [6.45, 7) is 0.147. The number of halogens is 2. The molecule has 1 aromatic rings. The maximum absolute atomic E-state index is 11.9. The van der Waals surface area contributed by atoms with Crippen molar-refractivity contribution in [2.45, 2.75) is 25.6 Å². The number of rotatable bonds is 5. The van der Waals surface area contributed by atoms with Crippen LogP contribution in [0.4, 0.5) is 8.78 Å². The van der Waals surface area contributed by atoms with Gasteiger partial charge in [0.25, 0.3) is 6.43 Å². The predicted molar refractivity (Wildman–Crippen MR) is 40.7 cm³/mol. The Labute approximate surface area is 78.7 Å². The van der Waals surface area contributed by atoms with E-state index in [4.69, 9.17) is 9.84 Å². The number of hydrogen-bond acceptors (Lipinski definition) is 5. The van der Waals surface area contributed by atoms with E-state index >= 15 is 0 Å². The molecule has 1 aromatic heterocycles. The first-order valence-corrected chi connectivity index (χ1v) is 3.90. The molecule has 0 saturated heterocycles. The highest BCUT2D eigenvalue weighted by Gasteiger charge is 2.20. The molecule has 1 heterocycles. The first-order chi connectivity index (χ1) is 6.63. The van der Waals surface area contributed by atoms with Gasteiger partial charge < -0.3 is 14.4 Å². The Morgan fingerprint density at radius 2 is 2.29 bits per heavy atom. The Morgan fingerprint density at radius 3 is 2.86 bits per heavy atom. The van der Waals surface area contributed by atoms with Gasteiger partial charge in [-0.3, -0.25) is 0 Å². The Kier molecular flexibility index (Phi) is 3.90. The SMILES string of the molecule is COCc1noc(CC(O)C(F)F)n1. The summed E-state index contributed by atoms with van der Waals surface area (Å²) >= 11 is 0. The van der Waals surface area contributed by atoms with E-state index in [1.165, 1.54) is 7.11 Å². The zero-order chi connectivity index (χ0) is 10.6. The second kappa shape index (κ2) is 4.97. The predicted octanol–water partition coefficient (Wildman–Crippen LogP) is 0.384. The lowest BCUT2D eigenvalue weighted by Gasteiger charge is -2.04. The van der Waals surface area contributed by atoms with Crippen LogP contribution in [-0.4, -0.2) is 34.9 Å². The number of alkyl halides is 2.